The SMILES string of the molecule is O=C(CSCc1ccccc1)N[C@H]1CCC[C@@H](OC(=O)Nc2ccccc2)C1. The zero-order valence-corrected chi connectivity index (χ0v) is 16.6. The minimum Gasteiger partial charge on any atom is -0.446 e. The van der Waals surface area contributed by atoms with Gasteiger partial charge in [0.1, 0.15) is 6.10 Å². The van der Waals surface area contributed by atoms with E-state index >= 15 is 0 Å². The Kier molecular flexibility index (Phi) is 7.79. The molecule has 6 heteroatoms. The second-order valence-electron chi connectivity index (χ2n) is 6.93. The van der Waals surface area contributed by atoms with Crippen molar-refractivity contribution in [2.45, 2.75) is 43.6 Å². The van der Waals surface area contributed by atoms with Crippen LogP contribution in [0.3, 0.4) is 0 Å². The van der Waals surface area contributed by atoms with E-state index < -0.39 is 6.09 Å². The number of anilines is 1. The second-order valence-corrected chi connectivity index (χ2v) is 7.91. The van der Waals surface area contributed by atoms with Crippen molar-refractivity contribution in [3.05, 3.63) is 66.2 Å². The minimum atomic E-state index is -0.443. The van der Waals surface area contributed by atoms with Crippen LogP contribution >= 0.6 is 11.8 Å². The van der Waals surface area contributed by atoms with Crippen LogP contribution in [0.25, 0.3) is 0 Å². The minimum absolute atomic E-state index is 0.0420. The summed E-state index contributed by atoms with van der Waals surface area (Å²) in [5.74, 6) is 1.30. The lowest BCUT2D eigenvalue weighted by molar-refractivity contribution is -0.119. The first-order valence-corrected chi connectivity index (χ1v) is 10.8. The summed E-state index contributed by atoms with van der Waals surface area (Å²) >= 11 is 1.61. The molecular weight excluding hydrogens is 372 g/mol. The summed E-state index contributed by atoms with van der Waals surface area (Å²) < 4.78 is 5.54. The van der Waals surface area contributed by atoms with Crippen LogP contribution in [0.15, 0.2) is 60.7 Å². The van der Waals surface area contributed by atoms with Crippen molar-refractivity contribution in [2.24, 2.45) is 0 Å². The third-order valence-corrected chi connectivity index (χ3v) is 5.63. The molecule has 1 aliphatic rings. The normalized spacial score (nSPS) is 18.9. The van der Waals surface area contributed by atoms with Gasteiger partial charge in [-0.15, -0.1) is 11.8 Å². The monoisotopic (exact) mass is 398 g/mol. The van der Waals surface area contributed by atoms with Gasteiger partial charge in [-0.25, -0.2) is 4.79 Å². The van der Waals surface area contributed by atoms with Crippen molar-refractivity contribution in [1.82, 2.24) is 5.32 Å². The average Bonchev–Trinajstić information content (AvgIpc) is 2.70. The number of para-hydroxylation sites is 1. The summed E-state index contributed by atoms with van der Waals surface area (Å²) in [6, 6.07) is 19.4. The Morgan fingerprint density at radius 3 is 2.46 bits per heavy atom. The number of hydrogen-bond acceptors (Lipinski definition) is 4. The van der Waals surface area contributed by atoms with Crippen LogP contribution in [0.1, 0.15) is 31.2 Å². The first kappa shape index (κ1) is 20.3. The van der Waals surface area contributed by atoms with Crippen LogP contribution in [0.5, 0.6) is 0 Å². The van der Waals surface area contributed by atoms with E-state index in [2.05, 4.69) is 22.8 Å². The number of rotatable bonds is 7. The van der Waals surface area contributed by atoms with Crippen LogP contribution in [0.4, 0.5) is 10.5 Å². The molecule has 1 saturated carbocycles. The summed E-state index contributed by atoms with van der Waals surface area (Å²) in [4.78, 5) is 24.3. The van der Waals surface area contributed by atoms with E-state index in [-0.39, 0.29) is 18.1 Å². The second kappa shape index (κ2) is 10.8. The molecule has 0 aromatic heterocycles. The van der Waals surface area contributed by atoms with E-state index in [1.807, 2.05) is 48.5 Å². The molecule has 2 N–H and O–H groups in total. The van der Waals surface area contributed by atoms with Gasteiger partial charge in [-0.3, -0.25) is 10.1 Å². The van der Waals surface area contributed by atoms with Crippen molar-refractivity contribution >= 4 is 29.4 Å². The molecule has 28 heavy (non-hydrogen) atoms. The Bertz CT molecular complexity index is 755. The number of carbonyl (C=O) groups is 2. The standard InChI is InChI=1S/C22H26N2O3S/c25-21(16-28-15-17-8-3-1-4-9-17)23-19-12-7-13-20(14-19)27-22(26)24-18-10-5-2-6-11-18/h1-6,8-11,19-20H,7,12-16H2,(H,23,25)(H,24,26)/t19-,20+/m0/s1. The molecule has 1 aliphatic carbocycles. The van der Waals surface area contributed by atoms with Gasteiger partial charge in [-0.1, -0.05) is 48.5 Å². The lowest BCUT2D eigenvalue weighted by Crippen LogP contribution is -2.42. The maximum atomic E-state index is 12.2. The molecule has 0 heterocycles. The number of ether oxygens (including phenoxy) is 1. The van der Waals surface area contributed by atoms with Crippen molar-refractivity contribution in [2.75, 3.05) is 11.1 Å². The molecule has 0 bridgehead atoms. The molecule has 2 amide bonds. The van der Waals surface area contributed by atoms with Gasteiger partial charge in [-0.2, -0.15) is 0 Å². The molecule has 2 aromatic carbocycles. The Hall–Kier alpha value is -2.47. The van der Waals surface area contributed by atoms with E-state index in [4.69, 9.17) is 4.74 Å². The summed E-state index contributed by atoms with van der Waals surface area (Å²) in [6.45, 7) is 0. The van der Waals surface area contributed by atoms with Gasteiger partial charge < -0.3 is 10.1 Å². The fourth-order valence-electron chi connectivity index (χ4n) is 3.31. The highest BCUT2D eigenvalue weighted by molar-refractivity contribution is 7.99. The van der Waals surface area contributed by atoms with Gasteiger partial charge >= 0.3 is 6.09 Å². The topological polar surface area (TPSA) is 67.4 Å². The predicted octanol–water partition coefficient (Wildman–Crippen LogP) is 4.60. The fraction of sp³-hybridized carbons (Fsp3) is 0.364. The van der Waals surface area contributed by atoms with Crippen molar-refractivity contribution in [3.63, 3.8) is 0 Å². The largest absolute Gasteiger partial charge is 0.446 e. The summed E-state index contributed by atoms with van der Waals surface area (Å²) in [7, 11) is 0. The van der Waals surface area contributed by atoms with Gasteiger partial charge in [0.25, 0.3) is 0 Å². The van der Waals surface area contributed by atoms with E-state index in [1.54, 1.807) is 11.8 Å². The Balaban J connectivity index is 1.37. The zero-order chi connectivity index (χ0) is 19.6. The molecule has 148 valence electrons. The smallest absolute Gasteiger partial charge is 0.411 e. The van der Waals surface area contributed by atoms with E-state index in [0.717, 1.165) is 25.0 Å². The highest BCUT2D eigenvalue weighted by Crippen LogP contribution is 2.22. The predicted molar refractivity (Wildman–Crippen MR) is 113 cm³/mol. The highest BCUT2D eigenvalue weighted by Gasteiger charge is 2.26. The first-order valence-electron chi connectivity index (χ1n) is 9.63. The highest BCUT2D eigenvalue weighted by atomic mass is 32.2. The van der Waals surface area contributed by atoms with Gasteiger partial charge in [-0.05, 0) is 37.0 Å². The fourth-order valence-corrected chi connectivity index (χ4v) is 4.11. The number of thioether (sulfide) groups is 1. The molecule has 0 radical (unpaired) electrons. The number of benzene rings is 2. The Labute approximate surface area is 170 Å². The van der Waals surface area contributed by atoms with E-state index in [9.17, 15) is 9.59 Å². The average molecular weight is 399 g/mol. The van der Waals surface area contributed by atoms with Gasteiger partial charge in [0, 0.05) is 23.9 Å². The number of hydrogen-bond donors (Lipinski definition) is 2. The lowest BCUT2D eigenvalue weighted by atomic mass is 9.93. The van der Waals surface area contributed by atoms with Crippen molar-refractivity contribution in [3.8, 4) is 0 Å². The molecule has 2 atom stereocenters. The zero-order valence-electron chi connectivity index (χ0n) is 15.8. The Morgan fingerprint density at radius 1 is 1.00 bits per heavy atom. The molecule has 5 nitrogen and oxygen atoms in total. The summed E-state index contributed by atoms with van der Waals surface area (Å²) in [5.41, 5.74) is 1.93. The van der Waals surface area contributed by atoms with Crippen LogP contribution in [0.2, 0.25) is 0 Å². The maximum Gasteiger partial charge on any atom is 0.411 e. The maximum absolute atomic E-state index is 12.2. The lowest BCUT2D eigenvalue weighted by Gasteiger charge is -2.29. The van der Waals surface area contributed by atoms with Crippen LogP contribution in [-0.4, -0.2) is 29.9 Å². The molecular formula is C22H26N2O3S. The van der Waals surface area contributed by atoms with Crippen LogP contribution in [-0.2, 0) is 15.3 Å². The van der Waals surface area contributed by atoms with Gasteiger partial charge in [0.05, 0.1) is 5.75 Å². The number of nitrogens with one attached hydrogen (secondary N) is 2. The quantitative estimate of drug-likeness (QED) is 0.715. The number of carbonyl (C=O) groups excluding carboxylic acids is 2. The van der Waals surface area contributed by atoms with Crippen molar-refractivity contribution in [1.29, 1.82) is 0 Å². The van der Waals surface area contributed by atoms with Crippen molar-refractivity contribution < 1.29 is 14.3 Å². The third-order valence-electron chi connectivity index (χ3n) is 4.63. The van der Waals surface area contributed by atoms with Crippen LogP contribution < -0.4 is 10.6 Å². The molecule has 0 saturated heterocycles. The van der Waals surface area contributed by atoms with Gasteiger partial charge in [0.15, 0.2) is 0 Å². The molecule has 2 aromatic rings. The number of amides is 2. The molecule has 0 spiro atoms. The molecule has 0 unspecified atom stereocenters. The Morgan fingerprint density at radius 2 is 1.71 bits per heavy atom. The summed E-state index contributed by atoms with van der Waals surface area (Å²) in [5, 5.41) is 5.82. The van der Waals surface area contributed by atoms with E-state index in [0.29, 0.717) is 17.9 Å². The first-order chi connectivity index (χ1) is 13.7. The van der Waals surface area contributed by atoms with Crippen LogP contribution in [0, 0.1) is 0 Å². The molecule has 3 rings (SSSR count). The van der Waals surface area contributed by atoms with E-state index in [1.165, 1.54) is 5.56 Å². The molecule has 0 aliphatic heterocycles. The molecule has 1 fully saturated rings. The van der Waals surface area contributed by atoms with Gasteiger partial charge in [0.2, 0.25) is 5.91 Å². The summed E-state index contributed by atoms with van der Waals surface area (Å²) in [6.07, 6.45) is 2.75. The third kappa shape index (κ3) is 6.93.